The van der Waals surface area contributed by atoms with E-state index in [9.17, 15) is 9.59 Å². The fourth-order valence-corrected chi connectivity index (χ4v) is 3.51. The van der Waals surface area contributed by atoms with Gasteiger partial charge in [0.25, 0.3) is 5.91 Å². The number of primary amides is 1. The van der Waals surface area contributed by atoms with Crippen LogP contribution < -0.4 is 15.8 Å². The molecule has 1 unspecified atom stereocenters. The van der Waals surface area contributed by atoms with E-state index < -0.39 is 6.03 Å². The molecule has 0 aliphatic heterocycles. The van der Waals surface area contributed by atoms with Crippen LogP contribution in [-0.4, -0.2) is 30.0 Å². The number of nitrogens with zero attached hydrogens (tertiary/aromatic N) is 1. The van der Waals surface area contributed by atoms with Gasteiger partial charge in [-0.1, -0.05) is 48.5 Å². The summed E-state index contributed by atoms with van der Waals surface area (Å²) < 4.78 is 5.49. The minimum atomic E-state index is -0.643. The van der Waals surface area contributed by atoms with E-state index in [1.165, 1.54) is 0 Å². The maximum Gasteiger partial charge on any atom is 0.316 e. The molecule has 0 aromatic heterocycles. The third kappa shape index (κ3) is 5.85. The molecule has 31 heavy (non-hydrogen) atoms. The number of para-hydroxylation sites is 1. The summed E-state index contributed by atoms with van der Waals surface area (Å²) in [6.45, 7) is 2.52. The van der Waals surface area contributed by atoms with Crippen LogP contribution in [0.5, 0.6) is 5.75 Å². The average Bonchev–Trinajstić information content (AvgIpc) is 2.78. The third-order valence-corrected chi connectivity index (χ3v) is 5.10. The molecule has 0 bridgehead atoms. The number of nitrogens with two attached hydrogens (primary N) is 1. The van der Waals surface area contributed by atoms with Crippen LogP contribution in [0.4, 0.5) is 10.5 Å². The van der Waals surface area contributed by atoms with E-state index in [1.807, 2.05) is 66.4 Å². The van der Waals surface area contributed by atoms with E-state index in [-0.39, 0.29) is 11.9 Å². The van der Waals surface area contributed by atoms with Crippen molar-refractivity contribution in [3.05, 3.63) is 95.6 Å². The Hall–Kier alpha value is -3.80. The summed E-state index contributed by atoms with van der Waals surface area (Å²) in [7, 11) is 1.65. The van der Waals surface area contributed by atoms with Crippen molar-refractivity contribution in [1.82, 2.24) is 4.90 Å². The second-order valence-electron chi connectivity index (χ2n) is 7.35. The number of rotatable bonds is 8. The van der Waals surface area contributed by atoms with Gasteiger partial charge in [0.1, 0.15) is 5.75 Å². The first kappa shape index (κ1) is 21.9. The van der Waals surface area contributed by atoms with Gasteiger partial charge in [-0.3, -0.25) is 4.79 Å². The summed E-state index contributed by atoms with van der Waals surface area (Å²) in [5.74, 6) is 0.722. The molecule has 0 saturated carbocycles. The minimum Gasteiger partial charge on any atom is -0.496 e. The largest absolute Gasteiger partial charge is 0.496 e. The Labute approximate surface area is 182 Å². The van der Waals surface area contributed by atoms with Crippen LogP contribution in [0, 0.1) is 0 Å². The van der Waals surface area contributed by atoms with E-state index in [2.05, 4.69) is 5.32 Å². The molecule has 0 radical (unpaired) electrons. The van der Waals surface area contributed by atoms with Crippen molar-refractivity contribution in [1.29, 1.82) is 0 Å². The number of nitrogens with one attached hydrogen (secondary N) is 1. The fraction of sp³-hybridized carbons (Fsp3) is 0.200. The van der Waals surface area contributed by atoms with Gasteiger partial charge >= 0.3 is 6.03 Å². The number of anilines is 1. The first-order valence-electron chi connectivity index (χ1n) is 10.1. The Morgan fingerprint density at radius 2 is 1.61 bits per heavy atom. The maximum absolute atomic E-state index is 13.5. The standard InChI is InChI=1S/C25H27N3O3/c1-18(16-21-10-6-7-11-23(21)31-2)28(17-19-8-4-3-5-9-19)24(29)20-12-14-22(15-13-20)27-25(26)30/h3-15,18H,16-17H2,1-2H3,(H3,26,27,30). The third-order valence-electron chi connectivity index (χ3n) is 5.10. The first-order chi connectivity index (χ1) is 15.0. The molecule has 3 aromatic carbocycles. The number of hydrogen-bond acceptors (Lipinski definition) is 3. The number of methoxy groups -OCH3 is 1. The normalized spacial score (nSPS) is 11.4. The van der Waals surface area contributed by atoms with Crippen molar-refractivity contribution in [2.45, 2.75) is 25.9 Å². The highest BCUT2D eigenvalue weighted by Crippen LogP contribution is 2.23. The van der Waals surface area contributed by atoms with Gasteiger partial charge in [0.15, 0.2) is 0 Å². The zero-order chi connectivity index (χ0) is 22.2. The lowest BCUT2D eigenvalue weighted by molar-refractivity contribution is 0.0675. The van der Waals surface area contributed by atoms with E-state index in [1.54, 1.807) is 31.4 Å². The fourth-order valence-electron chi connectivity index (χ4n) is 3.51. The number of benzene rings is 3. The second-order valence-corrected chi connectivity index (χ2v) is 7.35. The molecule has 0 aliphatic carbocycles. The number of amides is 3. The predicted molar refractivity (Wildman–Crippen MR) is 122 cm³/mol. The zero-order valence-electron chi connectivity index (χ0n) is 17.7. The van der Waals surface area contributed by atoms with Crippen LogP contribution in [0.15, 0.2) is 78.9 Å². The Bertz CT molecular complexity index is 1020. The molecule has 3 N–H and O–H groups in total. The molecule has 0 aliphatic rings. The molecule has 3 rings (SSSR count). The monoisotopic (exact) mass is 417 g/mol. The number of hydrogen-bond donors (Lipinski definition) is 2. The van der Waals surface area contributed by atoms with Crippen molar-refractivity contribution in [3.8, 4) is 5.75 Å². The van der Waals surface area contributed by atoms with Gasteiger partial charge in [-0.25, -0.2) is 4.79 Å². The molecule has 1 atom stereocenters. The van der Waals surface area contributed by atoms with E-state index in [0.29, 0.717) is 24.2 Å². The van der Waals surface area contributed by atoms with Crippen LogP contribution >= 0.6 is 0 Å². The van der Waals surface area contributed by atoms with E-state index in [0.717, 1.165) is 16.9 Å². The van der Waals surface area contributed by atoms with E-state index >= 15 is 0 Å². The molecule has 3 amide bonds. The number of urea groups is 1. The van der Waals surface area contributed by atoms with Crippen molar-refractivity contribution in [2.24, 2.45) is 5.73 Å². The molecule has 160 valence electrons. The lowest BCUT2D eigenvalue weighted by Crippen LogP contribution is -2.39. The van der Waals surface area contributed by atoms with Gasteiger partial charge in [0, 0.05) is 23.8 Å². The highest BCUT2D eigenvalue weighted by atomic mass is 16.5. The maximum atomic E-state index is 13.5. The van der Waals surface area contributed by atoms with Crippen LogP contribution in [0.2, 0.25) is 0 Å². The van der Waals surface area contributed by atoms with Crippen molar-refractivity contribution < 1.29 is 14.3 Å². The number of carbonyl (C=O) groups excluding carboxylic acids is 2. The summed E-state index contributed by atoms with van der Waals surface area (Å²) in [5, 5.41) is 2.51. The Morgan fingerprint density at radius 3 is 2.26 bits per heavy atom. The van der Waals surface area contributed by atoms with Gasteiger partial charge in [-0.05, 0) is 54.8 Å². The van der Waals surface area contributed by atoms with Crippen LogP contribution in [0.1, 0.15) is 28.4 Å². The lowest BCUT2D eigenvalue weighted by atomic mass is 10.0. The van der Waals surface area contributed by atoms with Crippen molar-refractivity contribution >= 4 is 17.6 Å². The lowest BCUT2D eigenvalue weighted by Gasteiger charge is -2.30. The predicted octanol–water partition coefficient (Wildman–Crippen LogP) is 4.46. The molecule has 6 heteroatoms. The van der Waals surface area contributed by atoms with E-state index in [4.69, 9.17) is 10.5 Å². The summed E-state index contributed by atoms with van der Waals surface area (Å²) in [6.07, 6.45) is 0.657. The molecule has 0 spiro atoms. The first-order valence-corrected chi connectivity index (χ1v) is 10.1. The second kappa shape index (κ2) is 10.3. The molecule has 0 saturated heterocycles. The molecular weight excluding hydrogens is 390 g/mol. The van der Waals surface area contributed by atoms with Crippen molar-refractivity contribution in [3.63, 3.8) is 0 Å². The topological polar surface area (TPSA) is 84.7 Å². The highest BCUT2D eigenvalue weighted by molar-refractivity contribution is 5.95. The molecule has 0 fully saturated rings. The van der Waals surface area contributed by atoms with Crippen LogP contribution in [-0.2, 0) is 13.0 Å². The smallest absolute Gasteiger partial charge is 0.316 e. The quantitative estimate of drug-likeness (QED) is 0.567. The van der Waals surface area contributed by atoms with Gasteiger partial charge < -0.3 is 20.7 Å². The highest BCUT2D eigenvalue weighted by Gasteiger charge is 2.23. The van der Waals surface area contributed by atoms with Gasteiger partial charge in [-0.2, -0.15) is 0 Å². The van der Waals surface area contributed by atoms with Crippen molar-refractivity contribution in [2.75, 3.05) is 12.4 Å². The summed E-state index contributed by atoms with van der Waals surface area (Å²) >= 11 is 0. The number of ether oxygens (including phenoxy) is 1. The zero-order valence-corrected chi connectivity index (χ0v) is 17.7. The summed E-state index contributed by atoms with van der Waals surface area (Å²) in [4.78, 5) is 26.4. The number of carbonyl (C=O) groups is 2. The van der Waals surface area contributed by atoms with Gasteiger partial charge in [-0.15, -0.1) is 0 Å². The van der Waals surface area contributed by atoms with Gasteiger partial charge in [0.2, 0.25) is 0 Å². The van der Waals surface area contributed by atoms with Crippen LogP contribution in [0.3, 0.4) is 0 Å². The van der Waals surface area contributed by atoms with Crippen LogP contribution in [0.25, 0.3) is 0 Å². The molecule has 0 heterocycles. The Balaban J connectivity index is 1.86. The molecule has 6 nitrogen and oxygen atoms in total. The minimum absolute atomic E-state index is 0.0765. The summed E-state index contributed by atoms with van der Waals surface area (Å²) in [5.41, 5.74) is 8.34. The average molecular weight is 418 g/mol. The molecule has 3 aromatic rings. The Morgan fingerprint density at radius 1 is 0.968 bits per heavy atom. The summed E-state index contributed by atoms with van der Waals surface area (Å²) in [6, 6.07) is 23.8. The SMILES string of the molecule is COc1ccccc1CC(C)N(Cc1ccccc1)C(=O)c1ccc(NC(N)=O)cc1. The van der Waals surface area contributed by atoms with Gasteiger partial charge in [0.05, 0.1) is 7.11 Å². The molecular formula is C25H27N3O3. The Kier molecular flexibility index (Phi) is 7.27.